The highest BCUT2D eigenvalue weighted by Crippen LogP contribution is 1.95. The van der Waals surface area contributed by atoms with Gasteiger partial charge in [0, 0.05) is 33.4 Å². The first-order chi connectivity index (χ1) is 7.74. The maximum absolute atomic E-state index is 11.4. The molecule has 92 valence electrons. The number of piperazine rings is 1. The lowest BCUT2D eigenvalue weighted by Crippen LogP contribution is -2.54. The van der Waals surface area contributed by atoms with Crippen LogP contribution in [0.4, 0.5) is 0 Å². The van der Waals surface area contributed by atoms with Crippen LogP contribution in [0.2, 0.25) is 0 Å². The predicted molar refractivity (Wildman–Crippen MR) is 58.9 cm³/mol. The average molecular weight is 229 g/mol. The third-order valence-corrected chi connectivity index (χ3v) is 2.37. The summed E-state index contributed by atoms with van der Waals surface area (Å²) in [6, 6.07) is -0.392. The molecule has 0 spiro atoms. The van der Waals surface area contributed by atoms with Gasteiger partial charge in [-0.2, -0.15) is 0 Å². The minimum atomic E-state index is -0.392. The quantitative estimate of drug-likeness (QED) is 0.490. The number of carbonyl (C=O) groups excluding carboxylic acids is 2. The van der Waals surface area contributed by atoms with Crippen molar-refractivity contribution in [2.75, 3.05) is 33.4 Å². The Labute approximate surface area is 95.1 Å². The number of hydrogen-bond donors (Lipinski definition) is 3. The zero-order chi connectivity index (χ0) is 11.8. The maximum Gasteiger partial charge on any atom is 0.237 e. The second-order valence-electron chi connectivity index (χ2n) is 3.70. The molecule has 0 aromatic heterocycles. The largest absolute Gasteiger partial charge is 0.385 e. The minimum absolute atomic E-state index is 0.0988. The van der Waals surface area contributed by atoms with Crippen LogP contribution in [0.3, 0.4) is 0 Å². The van der Waals surface area contributed by atoms with Gasteiger partial charge in [-0.05, 0) is 6.42 Å². The Morgan fingerprint density at radius 1 is 1.56 bits per heavy atom. The normalized spacial score (nSPS) is 20.3. The molecule has 1 aliphatic heterocycles. The van der Waals surface area contributed by atoms with Crippen LogP contribution in [-0.4, -0.2) is 51.2 Å². The Kier molecular flexibility index (Phi) is 5.81. The van der Waals surface area contributed by atoms with Crippen molar-refractivity contribution in [2.45, 2.75) is 18.9 Å². The number of ether oxygens (including phenoxy) is 1. The van der Waals surface area contributed by atoms with Gasteiger partial charge in [0.2, 0.25) is 11.8 Å². The van der Waals surface area contributed by atoms with Crippen LogP contribution in [0.15, 0.2) is 0 Å². The van der Waals surface area contributed by atoms with E-state index in [1.54, 1.807) is 7.11 Å². The Morgan fingerprint density at radius 2 is 2.38 bits per heavy atom. The molecular formula is C10H19N3O3. The highest BCUT2D eigenvalue weighted by Gasteiger charge is 2.23. The smallest absolute Gasteiger partial charge is 0.237 e. The number of hydrogen-bond acceptors (Lipinski definition) is 4. The van der Waals surface area contributed by atoms with Crippen LogP contribution in [0, 0.1) is 0 Å². The maximum atomic E-state index is 11.4. The summed E-state index contributed by atoms with van der Waals surface area (Å²) in [4.78, 5) is 22.8. The van der Waals surface area contributed by atoms with Crippen LogP contribution in [0.25, 0.3) is 0 Å². The second kappa shape index (κ2) is 7.19. The summed E-state index contributed by atoms with van der Waals surface area (Å²) in [7, 11) is 1.62. The van der Waals surface area contributed by atoms with E-state index in [-0.39, 0.29) is 18.2 Å². The van der Waals surface area contributed by atoms with Crippen molar-refractivity contribution < 1.29 is 14.3 Å². The molecule has 16 heavy (non-hydrogen) atoms. The van der Waals surface area contributed by atoms with Gasteiger partial charge in [0.15, 0.2) is 0 Å². The van der Waals surface area contributed by atoms with Gasteiger partial charge in [-0.1, -0.05) is 0 Å². The summed E-state index contributed by atoms with van der Waals surface area (Å²) in [6.07, 6.45) is 0.978. The first kappa shape index (κ1) is 12.9. The van der Waals surface area contributed by atoms with Gasteiger partial charge in [-0.25, -0.2) is 0 Å². The van der Waals surface area contributed by atoms with Gasteiger partial charge in [-0.15, -0.1) is 0 Å². The van der Waals surface area contributed by atoms with Crippen molar-refractivity contribution in [3.63, 3.8) is 0 Å². The molecule has 0 aromatic rings. The van der Waals surface area contributed by atoms with Crippen molar-refractivity contribution >= 4 is 11.8 Å². The van der Waals surface area contributed by atoms with E-state index in [0.717, 1.165) is 6.42 Å². The Hall–Kier alpha value is -1.14. The third-order valence-electron chi connectivity index (χ3n) is 2.37. The molecule has 2 amide bonds. The molecule has 6 nitrogen and oxygen atoms in total. The van der Waals surface area contributed by atoms with E-state index in [0.29, 0.717) is 26.2 Å². The fourth-order valence-electron chi connectivity index (χ4n) is 1.51. The van der Waals surface area contributed by atoms with Crippen molar-refractivity contribution in [3.8, 4) is 0 Å². The number of methoxy groups -OCH3 is 1. The monoisotopic (exact) mass is 229 g/mol. The Balaban J connectivity index is 2.15. The third kappa shape index (κ3) is 4.59. The topological polar surface area (TPSA) is 79.5 Å². The van der Waals surface area contributed by atoms with Crippen molar-refractivity contribution in [1.29, 1.82) is 0 Å². The summed E-state index contributed by atoms with van der Waals surface area (Å²) in [5, 5.41) is 8.46. The second-order valence-corrected chi connectivity index (χ2v) is 3.70. The summed E-state index contributed by atoms with van der Waals surface area (Å²) < 4.78 is 4.86. The summed E-state index contributed by atoms with van der Waals surface area (Å²) in [6.45, 7) is 2.56. The molecule has 1 fully saturated rings. The van der Waals surface area contributed by atoms with Crippen LogP contribution in [0.1, 0.15) is 12.8 Å². The molecule has 1 aliphatic rings. The molecule has 1 unspecified atom stereocenters. The van der Waals surface area contributed by atoms with Crippen LogP contribution >= 0.6 is 0 Å². The standard InChI is InChI=1S/C10H19N3O3/c1-16-6-2-3-12-9(14)7-8-10(15)13-5-4-11-8/h8,11H,2-7H2,1H3,(H,12,14)(H,13,15). The molecule has 0 radical (unpaired) electrons. The lowest BCUT2D eigenvalue weighted by atomic mass is 10.1. The first-order valence-electron chi connectivity index (χ1n) is 5.50. The molecule has 1 heterocycles. The molecule has 0 saturated carbocycles. The van der Waals surface area contributed by atoms with Crippen LogP contribution in [0.5, 0.6) is 0 Å². The SMILES string of the molecule is COCCCNC(=O)CC1NCCNC1=O. The summed E-state index contributed by atoms with van der Waals surface area (Å²) in [5.74, 6) is -0.205. The van der Waals surface area contributed by atoms with E-state index < -0.39 is 6.04 Å². The van der Waals surface area contributed by atoms with Gasteiger partial charge in [0.25, 0.3) is 0 Å². The summed E-state index contributed by atoms with van der Waals surface area (Å²) >= 11 is 0. The lowest BCUT2D eigenvalue weighted by molar-refractivity contribution is -0.129. The van der Waals surface area contributed by atoms with Gasteiger partial charge in [-0.3, -0.25) is 9.59 Å². The van der Waals surface area contributed by atoms with E-state index in [2.05, 4.69) is 16.0 Å². The minimum Gasteiger partial charge on any atom is -0.385 e. The van der Waals surface area contributed by atoms with Gasteiger partial charge >= 0.3 is 0 Å². The van der Waals surface area contributed by atoms with E-state index in [9.17, 15) is 9.59 Å². The predicted octanol–water partition coefficient (Wildman–Crippen LogP) is -1.38. The molecule has 3 N–H and O–H groups in total. The molecular weight excluding hydrogens is 210 g/mol. The molecule has 1 atom stereocenters. The number of carbonyl (C=O) groups is 2. The fourth-order valence-corrected chi connectivity index (χ4v) is 1.51. The van der Waals surface area contributed by atoms with E-state index in [4.69, 9.17) is 4.74 Å². The van der Waals surface area contributed by atoms with E-state index >= 15 is 0 Å². The molecule has 6 heteroatoms. The lowest BCUT2D eigenvalue weighted by Gasteiger charge is -2.22. The van der Waals surface area contributed by atoms with Crippen LogP contribution < -0.4 is 16.0 Å². The highest BCUT2D eigenvalue weighted by atomic mass is 16.5. The van der Waals surface area contributed by atoms with Crippen LogP contribution in [-0.2, 0) is 14.3 Å². The van der Waals surface area contributed by atoms with Crippen molar-refractivity contribution in [2.24, 2.45) is 0 Å². The van der Waals surface area contributed by atoms with E-state index in [1.165, 1.54) is 0 Å². The van der Waals surface area contributed by atoms with Gasteiger partial charge < -0.3 is 20.7 Å². The molecule has 0 aromatic carbocycles. The van der Waals surface area contributed by atoms with Gasteiger partial charge in [0.05, 0.1) is 12.5 Å². The zero-order valence-corrected chi connectivity index (χ0v) is 9.54. The van der Waals surface area contributed by atoms with Crippen molar-refractivity contribution in [1.82, 2.24) is 16.0 Å². The first-order valence-corrected chi connectivity index (χ1v) is 5.50. The molecule has 0 aliphatic carbocycles. The Morgan fingerprint density at radius 3 is 3.06 bits per heavy atom. The van der Waals surface area contributed by atoms with Crippen molar-refractivity contribution in [3.05, 3.63) is 0 Å². The van der Waals surface area contributed by atoms with Gasteiger partial charge in [0.1, 0.15) is 0 Å². The Bertz CT molecular complexity index is 245. The molecule has 0 bridgehead atoms. The highest BCUT2D eigenvalue weighted by molar-refractivity contribution is 5.88. The average Bonchev–Trinajstić information content (AvgIpc) is 2.28. The van der Waals surface area contributed by atoms with E-state index in [1.807, 2.05) is 0 Å². The summed E-state index contributed by atoms with van der Waals surface area (Å²) in [5.41, 5.74) is 0. The number of amides is 2. The molecule has 1 saturated heterocycles. The zero-order valence-electron chi connectivity index (χ0n) is 9.54. The fraction of sp³-hybridized carbons (Fsp3) is 0.800. The number of nitrogens with one attached hydrogen (secondary N) is 3. The molecule has 1 rings (SSSR count). The number of rotatable bonds is 6.